The Morgan fingerprint density at radius 1 is 1.00 bits per heavy atom. The maximum atomic E-state index is 12.0. The number of hydrogen-bond acceptors (Lipinski definition) is 4. The molecular weight excluding hydrogens is 286 g/mol. The van der Waals surface area contributed by atoms with E-state index in [4.69, 9.17) is 5.11 Å². The van der Waals surface area contributed by atoms with Crippen LogP contribution in [0.5, 0.6) is 0 Å². The summed E-state index contributed by atoms with van der Waals surface area (Å²) in [7, 11) is 0. The van der Waals surface area contributed by atoms with E-state index in [1.54, 1.807) is 18.2 Å². The van der Waals surface area contributed by atoms with Crippen LogP contribution in [-0.4, -0.2) is 21.8 Å². The Balaban J connectivity index is 2.07. The Kier molecular flexibility index (Phi) is 4.63. The van der Waals surface area contributed by atoms with E-state index in [1.165, 1.54) is 30.3 Å². The molecule has 0 fully saturated rings. The van der Waals surface area contributed by atoms with E-state index in [0.717, 1.165) is 0 Å². The van der Waals surface area contributed by atoms with Gasteiger partial charge in [-0.05, 0) is 17.2 Å². The Morgan fingerprint density at radius 3 is 2.23 bits per heavy atom. The molecule has 2 aromatic rings. The van der Waals surface area contributed by atoms with E-state index in [1.807, 2.05) is 0 Å². The second-order valence-corrected chi connectivity index (χ2v) is 4.78. The highest BCUT2D eigenvalue weighted by Gasteiger charge is 2.13. The molecule has 0 radical (unpaired) electrons. The average molecular weight is 299 g/mol. The lowest BCUT2D eigenvalue weighted by molar-refractivity contribution is -0.384. The van der Waals surface area contributed by atoms with Gasteiger partial charge in [0.2, 0.25) is 0 Å². The van der Waals surface area contributed by atoms with Gasteiger partial charge in [0.1, 0.15) is 5.78 Å². The maximum absolute atomic E-state index is 12.0. The lowest BCUT2D eigenvalue weighted by Crippen LogP contribution is -2.10. The molecule has 6 heteroatoms. The van der Waals surface area contributed by atoms with Gasteiger partial charge in [-0.1, -0.05) is 30.3 Å². The van der Waals surface area contributed by atoms with E-state index < -0.39 is 10.9 Å². The smallest absolute Gasteiger partial charge is 0.335 e. The van der Waals surface area contributed by atoms with Crippen LogP contribution < -0.4 is 0 Å². The molecule has 0 aromatic heterocycles. The second kappa shape index (κ2) is 6.62. The topological polar surface area (TPSA) is 97.5 Å². The fourth-order valence-electron chi connectivity index (χ4n) is 2.12. The van der Waals surface area contributed by atoms with Gasteiger partial charge in [-0.3, -0.25) is 14.9 Å². The van der Waals surface area contributed by atoms with Crippen LogP contribution in [0.25, 0.3) is 0 Å². The summed E-state index contributed by atoms with van der Waals surface area (Å²) in [5, 5.41) is 19.6. The molecule has 0 heterocycles. The van der Waals surface area contributed by atoms with Crippen molar-refractivity contribution in [3.05, 3.63) is 75.3 Å². The monoisotopic (exact) mass is 299 g/mol. The van der Waals surface area contributed by atoms with Gasteiger partial charge in [-0.15, -0.1) is 0 Å². The van der Waals surface area contributed by atoms with E-state index in [2.05, 4.69) is 0 Å². The summed E-state index contributed by atoms with van der Waals surface area (Å²) in [5.41, 5.74) is 1.19. The SMILES string of the molecule is O=C(Cc1ccc([N+](=O)[O-])cc1)Cc1ccccc1C(=O)O. The van der Waals surface area contributed by atoms with E-state index in [-0.39, 0.29) is 29.9 Å². The number of nitro groups is 1. The molecule has 0 atom stereocenters. The average Bonchev–Trinajstić information content (AvgIpc) is 2.48. The van der Waals surface area contributed by atoms with E-state index in [9.17, 15) is 19.7 Å². The highest BCUT2D eigenvalue weighted by Crippen LogP contribution is 2.14. The number of carbonyl (C=O) groups excluding carboxylic acids is 1. The number of ketones is 1. The predicted octanol–water partition coefficient (Wildman–Crippen LogP) is 2.65. The largest absolute Gasteiger partial charge is 0.478 e. The van der Waals surface area contributed by atoms with Crippen molar-refractivity contribution in [2.45, 2.75) is 12.8 Å². The first-order chi connectivity index (χ1) is 10.5. The first kappa shape index (κ1) is 15.4. The molecule has 0 aliphatic carbocycles. The summed E-state index contributed by atoms with van der Waals surface area (Å²) in [6.45, 7) is 0. The fourth-order valence-corrected chi connectivity index (χ4v) is 2.12. The number of nitro benzene ring substituents is 1. The summed E-state index contributed by atoms with van der Waals surface area (Å²) in [6.07, 6.45) is 0.116. The van der Waals surface area contributed by atoms with Gasteiger partial charge in [-0.25, -0.2) is 4.79 Å². The summed E-state index contributed by atoms with van der Waals surface area (Å²) in [5.74, 6) is -1.22. The van der Waals surface area contributed by atoms with Crippen LogP contribution in [0.1, 0.15) is 21.5 Å². The Bertz CT molecular complexity index is 722. The molecule has 0 amide bonds. The zero-order valence-corrected chi connectivity index (χ0v) is 11.6. The van der Waals surface area contributed by atoms with Crippen LogP contribution in [0.15, 0.2) is 48.5 Å². The third-order valence-electron chi connectivity index (χ3n) is 3.18. The minimum Gasteiger partial charge on any atom is -0.478 e. The van der Waals surface area contributed by atoms with Gasteiger partial charge in [0.15, 0.2) is 0 Å². The molecule has 0 aliphatic heterocycles. The van der Waals surface area contributed by atoms with Crippen LogP contribution in [-0.2, 0) is 17.6 Å². The van der Waals surface area contributed by atoms with Crippen LogP contribution >= 0.6 is 0 Å². The molecule has 0 saturated carbocycles. The van der Waals surface area contributed by atoms with Gasteiger partial charge in [0.05, 0.1) is 10.5 Å². The molecule has 0 saturated heterocycles. The highest BCUT2D eigenvalue weighted by atomic mass is 16.6. The second-order valence-electron chi connectivity index (χ2n) is 4.78. The molecule has 6 nitrogen and oxygen atoms in total. The maximum Gasteiger partial charge on any atom is 0.335 e. The van der Waals surface area contributed by atoms with Crippen LogP contribution in [0.3, 0.4) is 0 Å². The number of carbonyl (C=O) groups is 2. The Hall–Kier alpha value is -3.02. The van der Waals surface area contributed by atoms with Crippen molar-refractivity contribution in [2.75, 3.05) is 0 Å². The summed E-state index contributed by atoms with van der Waals surface area (Å²) in [4.78, 5) is 33.2. The predicted molar refractivity (Wildman–Crippen MR) is 78.9 cm³/mol. The summed E-state index contributed by atoms with van der Waals surface area (Å²) < 4.78 is 0. The quantitative estimate of drug-likeness (QED) is 0.653. The number of nitrogens with zero attached hydrogens (tertiary/aromatic N) is 1. The molecule has 2 rings (SSSR count). The van der Waals surface area contributed by atoms with Crippen molar-refractivity contribution in [1.82, 2.24) is 0 Å². The number of Topliss-reactive ketones (excluding diaryl/α,β-unsaturated/α-hetero) is 1. The van der Waals surface area contributed by atoms with Crippen molar-refractivity contribution in [1.29, 1.82) is 0 Å². The normalized spacial score (nSPS) is 10.2. The molecule has 1 N–H and O–H groups in total. The molecule has 0 bridgehead atoms. The molecular formula is C16H13NO5. The number of rotatable bonds is 6. The molecule has 0 unspecified atom stereocenters. The minimum atomic E-state index is -1.07. The lowest BCUT2D eigenvalue weighted by Gasteiger charge is -2.05. The highest BCUT2D eigenvalue weighted by molar-refractivity contribution is 5.92. The summed E-state index contributed by atoms with van der Waals surface area (Å²) in [6, 6.07) is 12.1. The third kappa shape index (κ3) is 3.76. The van der Waals surface area contributed by atoms with Crippen molar-refractivity contribution in [3.8, 4) is 0 Å². The van der Waals surface area contributed by atoms with Crippen molar-refractivity contribution < 1.29 is 19.6 Å². The van der Waals surface area contributed by atoms with Crippen LogP contribution in [0.4, 0.5) is 5.69 Å². The molecule has 2 aromatic carbocycles. The fraction of sp³-hybridized carbons (Fsp3) is 0.125. The minimum absolute atomic E-state index is 0.0134. The molecule has 0 aliphatic rings. The first-order valence-electron chi connectivity index (χ1n) is 6.53. The standard InChI is InChI=1S/C16H13NO5/c18-14(9-11-5-7-13(8-6-11)17(21)22)10-12-3-1-2-4-15(12)16(19)20/h1-8H,9-10H2,(H,19,20). The van der Waals surface area contributed by atoms with Crippen molar-refractivity contribution >= 4 is 17.4 Å². The Morgan fingerprint density at radius 2 is 1.64 bits per heavy atom. The van der Waals surface area contributed by atoms with Gasteiger partial charge < -0.3 is 5.11 Å². The third-order valence-corrected chi connectivity index (χ3v) is 3.18. The van der Waals surface area contributed by atoms with Crippen LogP contribution in [0, 0.1) is 10.1 Å². The van der Waals surface area contributed by atoms with Gasteiger partial charge in [0.25, 0.3) is 5.69 Å². The number of hydrogen-bond donors (Lipinski definition) is 1. The molecule has 0 spiro atoms. The number of carboxylic acid groups (broad SMARTS) is 1. The van der Waals surface area contributed by atoms with Gasteiger partial charge >= 0.3 is 5.97 Å². The summed E-state index contributed by atoms with van der Waals surface area (Å²) >= 11 is 0. The van der Waals surface area contributed by atoms with Gasteiger partial charge in [0, 0.05) is 25.0 Å². The lowest BCUT2D eigenvalue weighted by atomic mass is 9.99. The molecule has 112 valence electrons. The van der Waals surface area contributed by atoms with E-state index >= 15 is 0 Å². The van der Waals surface area contributed by atoms with Gasteiger partial charge in [-0.2, -0.15) is 0 Å². The first-order valence-corrected chi connectivity index (χ1v) is 6.53. The number of benzene rings is 2. The van der Waals surface area contributed by atoms with E-state index in [0.29, 0.717) is 11.1 Å². The number of non-ortho nitro benzene ring substituents is 1. The zero-order valence-electron chi connectivity index (χ0n) is 11.6. The van der Waals surface area contributed by atoms with Crippen molar-refractivity contribution in [2.24, 2.45) is 0 Å². The molecule has 22 heavy (non-hydrogen) atoms. The zero-order chi connectivity index (χ0) is 16.1. The van der Waals surface area contributed by atoms with Crippen LogP contribution in [0.2, 0.25) is 0 Å². The van der Waals surface area contributed by atoms with Crippen molar-refractivity contribution in [3.63, 3.8) is 0 Å². The number of carboxylic acids is 1. The number of aromatic carboxylic acids is 1. The Labute approximate surface area is 126 Å².